The van der Waals surface area contributed by atoms with E-state index in [2.05, 4.69) is 20.5 Å². The van der Waals surface area contributed by atoms with Crippen LogP contribution >= 0.6 is 11.8 Å². The third-order valence-electron chi connectivity index (χ3n) is 3.35. The molecule has 0 aliphatic rings. The lowest BCUT2D eigenvalue weighted by Gasteiger charge is -2.07. The lowest BCUT2D eigenvalue weighted by Crippen LogP contribution is -2.25. The highest BCUT2D eigenvalue weighted by Crippen LogP contribution is 2.23. The van der Waals surface area contributed by atoms with Crippen LogP contribution in [0.5, 0.6) is 0 Å². The van der Waals surface area contributed by atoms with Crippen LogP contribution in [0.3, 0.4) is 0 Å². The van der Waals surface area contributed by atoms with E-state index in [1.54, 1.807) is 4.40 Å². The van der Waals surface area contributed by atoms with E-state index >= 15 is 0 Å². The van der Waals surface area contributed by atoms with Crippen LogP contribution in [0.4, 0.5) is 0 Å². The molecule has 2 N–H and O–H groups in total. The number of carbonyl (C=O) groups excluding carboxylic acids is 1. The summed E-state index contributed by atoms with van der Waals surface area (Å²) in [4.78, 5) is 26.3. The summed E-state index contributed by atoms with van der Waals surface area (Å²) in [5.74, 6) is 0.552. The van der Waals surface area contributed by atoms with Gasteiger partial charge < -0.3 is 5.32 Å². The predicted octanol–water partition coefficient (Wildman–Crippen LogP) is 1.70. The van der Waals surface area contributed by atoms with Gasteiger partial charge in [-0.1, -0.05) is 49.0 Å². The highest BCUT2D eigenvalue weighted by Gasteiger charge is 2.14. The zero-order chi connectivity index (χ0) is 16.9. The first-order chi connectivity index (χ1) is 11.7. The molecule has 7 nitrogen and oxygen atoms in total. The second kappa shape index (κ2) is 7.31. The topological polar surface area (TPSA) is 92.2 Å². The molecule has 0 aliphatic heterocycles. The Morgan fingerprint density at radius 2 is 2.08 bits per heavy atom. The fourth-order valence-corrected chi connectivity index (χ4v) is 3.04. The molecular formula is C16H17N5O2S. The monoisotopic (exact) mass is 343 g/mol. The summed E-state index contributed by atoms with van der Waals surface area (Å²) in [7, 11) is 0. The lowest BCUT2D eigenvalue weighted by molar-refractivity contribution is -0.118. The van der Waals surface area contributed by atoms with Crippen molar-refractivity contribution in [2.75, 3.05) is 12.3 Å². The molecule has 1 aromatic carbocycles. The van der Waals surface area contributed by atoms with E-state index in [9.17, 15) is 9.59 Å². The molecule has 24 heavy (non-hydrogen) atoms. The largest absolute Gasteiger partial charge is 0.355 e. The average molecular weight is 343 g/mol. The molecule has 0 bridgehead atoms. The highest BCUT2D eigenvalue weighted by atomic mass is 32.2. The standard InChI is InChI=1S/C16H17N5O2S/c1-2-8-17-14(23)10-24-16-20-19-15-18-13(22)9-12(21(15)16)11-6-4-3-5-7-11/h3-7,9H,2,8,10H2,1H3,(H,17,23)(H,18,19,22). The van der Waals surface area contributed by atoms with Gasteiger partial charge in [-0.3, -0.25) is 19.0 Å². The number of hydrogen-bond donors (Lipinski definition) is 2. The summed E-state index contributed by atoms with van der Waals surface area (Å²) < 4.78 is 1.76. The van der Waals surface area contributed by atoms with E-state index < -0.39 is 0 Å². The molecule has 0 fully saturated rings. The van der Waals surface area contributed by atoms with Crippen molar-refractivity contribution in [3.8, 4) is 11.3 Å². The van der Waals surface area contributed by atoms with Crippen LogP contribution in [0.25, 0.3) is 17.0 Å². The third kappa shape index (κ3) is 3.48. The van der Waals surface area contributed by atoms with Gasteiger partial charge >= 0.3 is 0 Å². The Kier molecular flexibility index (Phi) is 4.95. The van der Waals surface area contributed by atoms with Crippen LogP contribution in [0.15, 0.2) is 46.3 Å². The number of nitrogens with one attached hydrogen (secondary N) is 2. The number of aromatic amines is 1. The molecule has 2 aromatic heterocycles. The van der Waals surface area contributed by atoms with Crippen molar-refractivity contribution in [1.29, 1.82) is 0 Å². The predicted molar refractivity (Wildman–Crippen MR) is 93.1 cm³/mol. The molecular weight excluding hydrogens is 326 g/mol. The van der Waals surface area contributed by atoms with E-state index in [1.807, 2.05) is 37.3 Å². The molecule has 3 rings (SSSR count). The van der Waals surface area contributed by atoms with Crippen molar-refractivity contribution in [2.24, 2.45) is 0 Å². The summed E-state index contributed by atoms with van der Waals surface area (Å²) in [5, 5.41) is 11.5. The summed E-state index contributed by atoms with van der Waals surface area (Å²) in [6.07, 6.45) is 0.893. The second-order valence-electron chi connectivity index (χ2n) is 5.17. The zero-order valence-electron chi connectivity index (χ0n) is 13.2. The van der Waals surface area contributed by atoms with E-state index in [-0.39, 0.29) is 17.2 Å². The van der Waals surface area contributed by atoms with Crippen molar-refractivity contribution >= 4 is 23.4 Å². The number of rotatable bonds is 6. The minimum Gasteiger partial charge on any atom is -0.355 e. The van der Waals surface area contributed by atoms with Crippen molar-refractivity contribution in [3.05, 3.63) is 46.8 Å². The van der Waals surface area contributed by atoms with Gasteiger partial charge in [-0.15, -0.1) is 10.2 Å². The van der Waals surface area contributed by atoms with Gasteiger partial charge in [0.05, 0.1) is 11.4 Å². The van der Waals surface area contributed by atoms with Gasteiger partial charge in [-0.25, -0.2) is 0 Å². The van der Waals surface area contributed by atoms with E-state index in [0.717, 1.165) is 12.0 Å². The molecule has 0 spiro atoms. The summed E-state index contributed by atoms with van der Waals surface area (Å²) in [6, 6.07) is 11.0. The van der Waals surface area contributed by atoms with Gasteiger partial charge in [-0.2, -0.15) is 0 Å². The van der Waals surface area contributed by atoms with Crippen molar-refractivity contribution in [2.45, 2.75) is 18.5 Å². The first-order valence-corrected chi connectivity index (χ1v) is 8.61. The maximum Gasteiger partial charge on any atom is 0.252 e. The van der Waals surface area contributed by atoms with Gasteiger partial charge in [-0.05, 0) is 12.0 Å². The molecule has 0 aliphatic carbocycles. The summed E-state index contributed by atoms with van der Waals surface area (Å²) in [5.41, 5.74) is 1.33. The van der Waals surface area contributed by atoms with Crippen molar-refractivity contribution < 1.29 is 4.79 Å². The number of amides is 1. The molecule has 3 aromatic rings. The minimum atomic E-state index is -0.244. The summed E-state index contributed by atoms with van der Waals surface area (Å²) in [6.45, 7) is 2.66. The van der Waals surface area contributed by atoms with Gasteiger partial charge in [0.2, 0.25) is 11.7 Å². The fraction of sp³-hybridized carbons (Fsp3) is 0.250. The molecule has 0 unspecified atom stereocenters. The van der Waals surface area contributed by atoms with Crippen LogP contribution < -0.4 is 10.9 Å². The van der Waals surface area contributed by atoms with Crippen LogP contribution in [-0.2, 0) is 4.79 Å². The Balaban J connectivity index is 1.95. The number of carbonyl (C=O) groups is 1. The molecule has 0 saturated heterocycles. The number of fused-ring (bicyclic) bond motifs is 1. The Morgan fingerprint density at radius 3 is 2.83 bits per heavy atom. The first-order valence-electron chi connectivity index (χ1n) is 7.62. The van der Waals surface area contributed by atoms with Gasteiger partial charge in [0.1, 0.15) is 0 Å². The first kappa shape index (κ1) is 16.3. The number of thioether (sulfide) groups is 1. The third-order valence-corrected chi connectivity index (χ3v) is 4.28. The van der Waals surface area contributed by atoms with E-state index in [4.69, 9.17) is 0 Å². The molecule has 0 saturated carbocycles. The Bertz CT molecular complexity index is 904. The maximum atomic E-state index is 11.9. The molecule has 0 atom stereocenters. The molecule has 2 heterocycles. The number of H-pyrrole nitrogens is 1. The Labute approximate surface area is 142 Å². The number of aromatic nitrogens is 4. The molecule has 124 valence electrons. The van der Waals surface area contributed by atoms with Gasteiger partial charge in [0.25, 0.3) is 5.56 Å². The van der Waals surface area contributed by atoms with Crippen LogP contribution in [0.1, 0.15) is 13.3 Å². The lowest BCUT2D eigenvalue weighted by atomic mass is 10.1. The molecule has 0 radical (unpaired) electrons. The fourth-order valence-electron chi connectivity index (χ4n) is 2.26. The van der Waals surface area contributed by atoms with Gasteiger partial charge in [0, 0.05) is 12.6 Å². The Morgan fingerprint density at radius 1 is 1.29 bits per heavy atom. The smallest absolute Gasteiger partial charge is 0.252 e. The zero-order valence-corrected chi connectivity index (χ0v) is 14.0. The maximum absolute atomic E-state index is 11.9. The van der Waals surface area contributed by atoms with E-state index in [1.165, 1.54) is 17.8 Å². The van der Waals surface area contributed by atoms with E-state index in [0.29, 0.717) is 23.2 Å². The Hall–Kier alpha value is -2.61. The molecule has 8 heteroatoms. The van der Waals surface area contributed by atoms with Crippen LogP contribution in [-0.4, -0.2) is 37.8 Å². The van der Waals surface area contributed by atoms with Crippen LogP contribution in [0.2, 0.25) is 0 Å². The minimum absolute atomic E-state index is 0.0516. The number of benzene rings is 1. The quantitative estimate of drug-likeness (QED) is 0.665. The number of hydrogen-bond acceptors (Lipinski definition) is 5. The molecule has 1 amide bonds. The SMILES string of the molecule is CCCNC(=O)CSc1nnc2[nH]c(=O)cc(-c3ccccc3)n12. The average Bonchev–Trinajstić information content (AvgIpc) is 3.01. The summed E-state index contributed by atoms with van der Waals surface area (Å²) >= 11 is 1.29. The highest BCUT2D eigenvalue weighted by molar-refractivity contribution is 7.99. The normalized spacial score (nSPS) is 10.9. The van der Waals surface area contributed by atoms with Crippen molar-refractivity contribution in [1.82, 2.24) is 24.9 Å². The number of nitrogens with zero attached hydrogens (tertiary/aromatic N) is 3. The van der Waals surface area contributed by atoms with Crippen LogP contribution in [0, 0.1) is 0 Å². The van der Waals surface area contributed by atoms with Gasteiger partial charge in [0.15, 0.2) is 5.16 Å². The second-order valence-corrected chi connectivity index (χ2v) is 6.11. The van der Waals surface area contributed by atoms with Crippen molar-refractivity contribution in [3.63, 3.8) is 0 Å².